The largest absolute Gasteiger partial charge is 0.382 e. The van der Waals surface area contributed by atoms with E-state index in [4.69, 9.17) is 15.2 Å². The summed E-state index contributed by atoms with van der Waals surface area (Å²) in [5, 5.41) is 0. The SMILES string of the molecule is CCC(N)CCOCCOC. The molecule has 0 aliphatic rings. The third-order valence-electron chi connectivity index (χ3n) is 1.59. The fraction of sp³-hybridized carbons (Fsp3) is 1.00. The van der Waals surface area contributed by atoms with Gasteiger partial charge >= 0.3 is 0 Å². The molecule has 0 aromatic carbocycles. The highest BCUT2D eigenvalue weighted by Crippen LogP contribution is 1.93. The van der Waals surface area contributed by atoms with Gasteiger partial charge in [-0.05, 0) is 12.8 Å². The Bertz CT molecular complexity index is 78.5. The molecule has 0 aliphatic carbocycles. The summed E-state index contributed by atoms with van der Waals surface area (Å²) in [6.45, 7) is 4.17. The molecule has 3 heteroatoms. The third kappa shape index (κ3) is 7.78. The highest BCUT2D eigenvalue weighted by Gasteiger charge is 1.97. The molecule has 0 fully saturated rings. The fourth-order valence-electron chi connectivity index (χ4n) is 0.683. The Kier molecular flexibility index (Phi) is 7.89. The minimum Gasteiger partial charge on any atom is -0.382 e. The van der Waals surface area contributed by atoms with Crippen molar-refractivity contribution >= 4 is 0 Å². The van der Waals surface area contributed by atoms with Crippen LogP contribution in [0.2, 0.25) is 0 Å². The third-order valence-corrected chi connectivity index (χ3v) is 1.59. The lowest BCUT2D eigenvalue weighted by Crippen LogP contribution is -2.21. The summed E-state index contributed by atoms with van der Waals surface area (Å²) >= 11 is 0. The fourth-order valence-corrected chi connectivity index (χ4v) is 0.683. The van der Waals surface area contributed by atoms with Crippen molar-refractivity contribution in [3.8, 4) is 0 Å². The van der Waals surface area contributed by atoms with Gasteiger partial charge in [0.2, 0.25) is 0 Å². The number of ether oxygens (including phenoxy) is 2. The molecule has 1 atom stereocenters. The predicted molar refractivity (Wildman–Crippen MR) is 45.6 cm³/mol. The van der Waals surface area contributed by atoms with Crippen molar-refractivity contribution in [1.29, 1.82) is 0 Å². The van der Waals surface area contributed by atoms with Gasteiger partial charge in [0.15, 0.2) is 0 Å². The first-order valence-electron chi connectivity index (χ1n) is 4.13. The molecule has 0 amide bonds. The van der Waals surface area contributed by atoms with Crippen LogP contribution in [0.5, 0.6) is 0 Å². The highest BCUT2D eigenvalue weighted by atomic mass is 16.5. The van der Waals surface area contributed by atoms with Crippen LogP contribution in [-0.2, 0) is 9.47 Å². The van der Waals surface area contributed by atoms with Gasteiger partial charge in [-0.15, -0.1) is 0 Å². The molecule has 0 aliphatic heterocycles. The lowest BCUT2D eigenvalue weighted by Gasteiger charge is -2.08. The first-order valence-corrected chi connectivity index (χ1v) is 4.13. The van der Waals surface area contributed by atoms with Crippen molar-refractivity contribution in [1.82, 2.24) is 0 Å². The minimum atomic E-state index is 0.289. The Hall–Kier alpha value is -0.120. The number of methoxy groups -OCH3 is 1. The molecule has 1 unspecified atom stereocenters. The number of hydrogen-bond acceptors (Lipinski definition) is 3. The zero-order valence-electron chi connectivity index (χ0n) is 7.51. The molecule has 68 valence electrons. The second-order valence-electron chi connectivity index (χ2n) is 2.56. The van der Waals surface area contributed by atoms with Crippen LogP contribution >= 0.6 is 0 Å². The Balaban J connectivity index is 2.89. The average Bonchev–Trinajstić information content (AvgIpc) is 2.04. The van der Waals surface area contributed by atoms with Gasteiger partial charge in [-0.3, -0.25) is 0 Å². The van der Waals surface area contributed by atoms with Gasteiger partial charge < -0.3 is 15.2 Å². The molecule has 0 heterocycles. The quantitative estimate of drug-likeness (QED) is 0.561. The van der Waals surface area contributed by atoms with E-state index in [1.165, 1.54) is 0 Å². The Morgan fingerprint density at radius 1 is 1.27 bits per heavy atom. The second kappa shape index (κ2) is 7.98. The molecular formula is C8H19NO2. The van der Waals surface area contributed by atoms with Crippen LogP contribution < -0.4 is 5.73 Å². The van der Waals surface area contributed by atoms with Crippen LogP contribution in [0.25, 0.3) is 0 Å². The summed E-state index contributed by atoms with van der Waals surface area (Å²) < 4.78 is 10.1. The van der Waals surface area contributed by atoms with E-state index in [9.17, 15) is 0 Å². The van der Waals surface area contributed by atoms with Crippen molar-refractivity contribution < 1.29 is 9.47 Å². The minimum absolute atomic E-state index is 0.289. The van der Waals surface area contributed by atoms with Crippen LogP contribution in [0.4, 0.5) is 0 Å². The van der Waals surface area contributed by atoms with E-state index >= 15 is 0 Å². The van der Waals surface area contributed by atoms with Gasteiger partial charge in [0.05, 0.1) is 13.2 Å². The van der Waals surface area contributed by atoms with E-state index in [1.54, 1.807) is 7.11 Å². The molecule has 0 saturated carbocycles. The van der Waals surface area contributed by atoms with Gasteiger partial charge in [-0.2, -0.15) is 0 Å². The van der Waals surface area contributed by atoms with E-state index in [2.05, 4.69) is 6.92 Å². The maximum atomic E-state index is 5.68. The average molecular weight is 161 g/mol. The maximum absolute atomic E-state index is 5.68. The zero-order chi connectivity index (χ0) is 8.53. The molecule has 0 saturated heterocycles. The Labute approximate surface area is 68.9 Å². The highest BCUT2D eigenvalue weighted by molar-refractivity contribution is 4.56. The van der Waals surface area contributed by atoms with Crippen LogP contribution in [-0.4, -0.2) is 33.0 Å². The molecule has 0 aromatic heterocycles. The maximum Gasteiger partial charge on any atom is 0.0700 e. The molecule has 0 aromatic rings. The van der Waals surface area contributed by atoms with E-state index in [1.807, 2.05) is 0 Å². The van der Waals surface area contributed by atoms with Crippen molar-refractivity contribution in [2.45, 2.75) is 25.8 Å². The molecule has 3 nitrogen and oxygen atoms in total. The molecule has 0 rings (SSSR count). The first kappa shape index (κ1) is 10.9. The summed E-state index contributed by atoms with van der Waals surface area (Å²) in [4.78, 5) is 0. The lowest BCUT2D eigenvalue weighted by atomic mass is 10.2. The number of hydrogen-bond donors (Lipinski definition) is 1. The first-order chi connectivity index (χ1) is 5.31. The van der Waals surface area contributed by atoms with E-state index in [-0.39, 0.29) is 6.04 Å². The Morgan fingerprint density at radius 3 is 2.55 bits per heavy atom. The summed E-state index contributed by atoms with van der Waals surface area (Å²) in [7, 11) is 1.67. The van der Waals surface area contributed by atoms with E-state index in [0.29, 0.717) is 13.2 Å². The van der Waals surface area contributed by atoms with Gasteiger partial charge in [0.25, 0.3) is 0 Å². The van der Waals surface area contributed by atoms with Gasteiger partial charge in [0, 0.05) is 19.8 Å². The lowest BCUT2D eigenvalue weighted by molar-refractivity contribution is 0.0671. The summed E-state index contributed by atoms with van der Waals surface area (Å²) in [5.41, 5.74) is 5.68. The number of nitrogens with two attached hydrogens (primary N) is 1. The van der Waals surface area contributed by atoms with Gasteiger partial charge in [-0.25, -0.2) is 0 Å². The molecular weight excluding hydrogens is 142 g/mol. The van der Waals surface area contributed by atoms with Crippen molar-refractivity contribution in [3.05, 3.63) is 0 Å². The van der Waals surface area contributed by atoms with E-state index in [0.717, 1.165) is 19.4 Å². The Morgan fingerprint density at radius 2 is 2.00 bits per heavy atom. The smallest absolute Gasteiger partial charge is 0.0700 e. The van der Waals surface area contributed by atoms with Crippen LogP contribution in [0, 0.1) is 0 Å². The predicted octanol–water partition coefficient (Wildman–Crippen LogP) is 0.777. The van der Waals surface area contributed by atoms with Crippen molar-refractivity contribution in [3.63, 3.8) is 0 Å². The molecule has 11 heavy (non-hydrogen) atoms. The van der Waals surface area contributed by atoms with E-state index < -0.39 is 0 Å². The summed E-state index contributed by atoms with van der Waals surface area (Å²) in [6.07, 6.45) is 1.97. The molecule has 0 radical (unpaired) electrons. The molecule has 0 spiro atoms. The van der Waals surface area contributed by atoms with Gasteiger partial charge in [0.1, 0.15) is 0 Å². The van der Waals surface area contributed by atoms with Crippen molar-refractivity contribution in [2.24, 2.45) is 5.73 Å². The molecule has 2 N–H and O–H groups in total. The number of rotatable bonds is 7. The molecule has 0 bridgehead atoms. The standard InChI is InChI=1S/C8H19NO2/c1-3-8(9)4-5-11-7-6-10-2/h8H,3-7,9H2,1-2H3. The zero-order valence-corrected chi connectivity index (χ0v) is 7.51. The van der Waals surface area contributed by atoms with Crippen LogP contribution in [0.15, 0.2) is 0 Å². The summed E-state index contributed by atoms with van der Waals surface area (Å²) in [6, 6.07) is 0.289. The summed E-state index contributed by atoms with van der Waals surface area (Å²) in [5.74, 6) is 0. The van der Waals surface area contributed by atoms with Crippen LogP contribution in [0.1, 0.15) is 19.8 Å². The normalized spacial score (nSPS) is 13.4. The van der Waals surface area contributed by atoms with Crippen LogP contribution in [0.3, 0.4) is 0 Å². The monoisotopic (exact) mass is 161 g/mol. The van der Waals surface area contributed by atoms with Gasteiger partial charge in [-0.1, -0.05) is 6.92 Å². The van der Waals surface area contributed by atoms with Crippen molar-refractivity contribution in [2.75, 3.05) is 26.9 Å². The topological polar surface area (TPSA) is 44.5 Å². The second-order valence-corrected chi connectivity index (χ2v) is 2.56.